The summed E-state index contributed by atoms with van der Waals surface area (Å²) in [6.07, 6.45) is 0.270. The minimum absolute atomic E-state index is 0.0846. The highest BCUT2D eigenvalue weighted by molar-refractivity contribution is 6.07. The Morgan fingerprint density at radius 3 is 2.48 bits per heavy atom. The zero-order valence-electron chi connectivity index (χ0n) is 17.5. The molecule has 6 nitrogen and oxygen atoms in total. The molecule has 1 aromatic heterocycles. The molecule has 0 spiro atoms. The number of aromatic amines is 1. The van der Waals surface area contributed by atoms with Crippen molar-refractivity contribution in [1.82, 2.24) is 10.3 Å². The minimum atomic E-state index is -0.361. The van der Waals surface area contributed by atoms with Crippen molar-refractivity contribution in [3.63, 3.8) is 0 Å². The van der Waals surface area contributed by atoms with Crippen molar-refractivity contribution in [2.75, 3.05) is 13.7 Å². The van der Waals surface area contributed by atoms with Crippen LogP contribution in [0.4, 0.5) is 0 Å². The van der Waals surface area contributed by atoms with Crippen LogP contribution in [0.3, 0.4) is 0 Å². The van der Waals surface area contributed by atoms with E-state index >= 15 is 0 Å². The van der Waals surface area contributed by atoms with E-state index in [1.54, 1.807) is 32.2 Å². The normalized spacial score (nSPS) is 10.9. The first kappa shape index (κ1) is 20.5. The number of benzene rings is 3. The number of carbonyl (C=O) groups excluding carboxylic acids is 2. The van der Waals surface area contributed by atoms with Crippen molar-refractivity contribution >= 4 is 33.7 Å². The smallest absolute Gasteiger partial charge is 0.338 e. The van der Waals surface area contributed by atoms with Crippen LogP contribution in [0.1, 0.15) is 28.4 Å². The van der Waals surface area contributed by atoms with E-state index in [1.165, 1.54) is 0 Å². The number of nitrogens with one attached hydrogen (secondary N) is 2. The summed E-state index contributed by atoms with van der Waals surface area (Å²) in [5, 5.41) is 5.15. The number of hydrogen-bond acceptors (Lipinski definition) is 4. The summed E-state index contributed by atoms with van der Waals surface area (Å²) in [6.45, 7) is 2.44. The maximum atomic E-state index is 12.5. The molecule has 0 saturated carbocycles. The van der Waals surface area contributed by atoms with E-state index in [-0.39, 0.29) is 18.3 Å². The minimum Gasteiger partial charge on any atom is -0.497 e. The van der Waals surface area contributed by atoms with Gasteiger partial charge in [-0.3, -0.25) is 4.79 Å². The first-order valence-electron chi connectivity index (χ1n) is 10.2. The molecule has 3 aromatic carbocycles. The van der Waals surface area contributed by atoms with Gasteiger partial charge in [-0.15, -0.1) is 0 Å². The first-order chi connectivity index (χ1) is 15.1. The van der Waals surface area contributed by atoms with Crippen LogP contribution in [0.5, 0.6) is 5.75 Å². The van der Waals surface area contributed by atoms with Gasteiger partial charge in [0.1, 0.15) is 5.75 Å². The first-order valence-corrected chi connectivity index (χ1v) is 10.2. The molecule has 158 valence electrons. The third kappa shape index (κ3) is 4.53. The largest absolute Gasteiger partial charge is 0.497 e. The van der Waals surface area contributed by atoms with Gasteiger partial charge in [0.25, 0.3) is 0 Å². The fourth-order valence-electron chi connectivity index (χ4n) is 3.64. The lowest BCUT2D eigenvalue weighted by molar-refractivity contribution is -0.120. The topological polar surface area (TPSA) is 80.4 Å². The van der Waals surface area contributed by atoms with Gasteiger partial charge in [0, 0.05) is 28.9 Å². The lowest BCUT2D eigenvalue weighted by atomic mass is 10.1. The molecule has 0 aliphatic carbocycles. The van der Waals surface area contributed by atoms with Crippen molar-refractivity contribution in [3.05, 3.63) is 77.4 Å². The van der Waals surface area contributed by atoms with Crippen molar-refractivity contribution in [2.45, 2.75) is 19.9 Å². The highest BCUT2D eigenvalue weighted by atomic mass is 16.5. The molecule has 2 N–H and O–H groups in total. The fourth-order valence-corrected chi connectivity index (χ4v) is 3.64. The van der Waals surface area contributed by atoms with Gasteiger partial charge in [0.05, 0.1) is 31.2 Å². The number of hydrogen-bond donors (Lipinski definition) is 2. The van der Waals surface area contributed by atoms with E-state index < -0.39 is 0 Å². The Bertz CT molecular complexity index is 1260. The third-order valence-electron chi connectivity index (χ3n) is 5.16. The lowest BCUT2D eigenvalue weighted by Gasteiger charge is -2.08. The van der Waals surface area contributed by atoms with Gasteiger partial charge in [0.2, 0.25) is 5.91 Å². The number of ether oxygens (including phenoxy) is 2. The van der Waals surface area contributed by atoms with Crippen molar-refractivity contribution in [3.8, 4) is 5.75 Å². The number of fused-ring (bicyclic) bond motifs is 3. The summed E-state index contributed by atoms with van der Waals surface area (Å²) < 4.78 is 10.3. The monoisotopic (exact) mass is 416 g/mol. The van der Waals surface area contributed by atoms with Crippen molar-refractivity contribution < 1.29 is 19.1 Å². The van der Waals surface area contributed by atoms with Crippen LogP contribution in [0.25, 0.3) is 21.8 Å². The molecule has 4 rings (SSSR count). The fraction of sp³-hybridized carbons (Fsp3) is 0.200. The van der Waals surface area contributed by atoms with Crippen LogP contribution >= 0.6 is 0 Å². The zero-order chi connectivity index (χ0) is 21.8. The Labute approximate surface area is 180 Å². The lowest BCUT2D eigenvalue weighted by Crippen LogP contribution is -2.24. The van der Waals surface area contributed by atoms with Gasteiger partial charge in [-0.2, -0.15) is 0 Å². The number of H-pyrrole nitrogens is 1. The van der Waals surface area contributed by atoms with Gasteiger partial charge >= 0.3 is 5.97 Å². The molecule has 1 heterocycles. The molecule has 1 amide bonds. The van der Waals surface area contributed by atoms with Crippen LogP contribution in [0, 0.1) is 0 Å². The molecule has 0 bridgehead atoms. The van der Waals surface area contributed by atoms with Crippen LogP contribution < -0.4 is 10.1 Å². The molecule has 31 heavy (non-hydrogen) atoms. The van der Waals surface area contributed by atoms with E-state index in [4.69, 9.17) is 9.47 Å². The number of amides is 1. The van der Waals surface area contributed by atoms with Gasteiger partial charge in [-0.05, 0) is 48.4 Å². The molecule has 6 heteroatoms. The quantitative estimate of drug-likeness (QED) is 0.439. The Hall–Kier alpha value is -3.80. The molecule has 0 fully saturated rings. The van der Waals surface area contributed by atoms with Gasteiger partial charge in [-0.1, -0.05) is 24.3 Å². The zero-order valence-corrected chi connectivity index (χ0v) is 17.5. The molecule has 0 saturated heterocycles. The molecule has 0 atom stereocenters. The standard InChI is InChI=1S/C25H24N2O4/c1-3-31-25(29)18-6-4-5-17(11-18)15-26-24(28)13-16-7-9-20-21-10-8-19(30-2)14-23(21)27-22(20)12-16/h4-12,14,27H,3,13,15H2,1-2H3,(H,26,28). The highest BCUT2D eigenvalue weighted by Gasteiger charge is 2.10. The third-order valence-corrected chi connectivity index (χ3v) is 5.16. The number of esters is 1. The summed E-state index contributed by atoms with van der Waals surface area (Å²) in [4.78, 5) is 27.7. The molecule has 0 radical (unpaired) electrons. The molecule has 0 aliphatic heterocycles. The van der Waals surface area contributed by atoms with Crippen LogP contribution in [-0.2, 0) is 22.5 Å². The predicted octanol–water partition coefficient (Wildman–Crippen LogP) is 4.37. The number of methoxy groups -OCH3 is 1. The summed E-state index contributed by atoms with van der Waals surface area (Å²) >= 11 is 0. The van der Waals surface area contributed by atoms with Gasteiger partial charge in [-0.25, -0.2) is 4.79 Å². The summed E-state index contributed by atoms with van der Waals surface area (Å²) in [5.41, 5.74) is 4.23. The molecular weight excluding hydrogens is 392 g/mol. The second-order valence-corrected chi connectivity index (χ2v) is 7.29. The average Bonchev–Trinajstić information content (AvgIpc) is 3.14. The average molecular weight is 416 g/mol. The summed E-state index contributed by atoms with van der Waals surface area (Å²) in [6, 6.07) is 19.0. The SMILES string of the molecule is CCOC(=O)c1cccc(CNC(=O)Cc2ccc3c(c2)[nH]c2cc(OC)ccc23)c1. The second-order valence-electron chi connectivity index (χ2n) is 7.29. The van der Waals surface area contributed by atoms with E-state index in [0.717, 1.165) is 38.7 Å². The molecule has 4 aromatic rings. The molecular formula is C25H24N2O4. The Morgan fingerprint density at radius 2 is 1.71 bits per heavy atom. The summed E-state index contributed by atoms with van der Waals surface area (Å²) in [5.74, 6) is 0.351. The second kappa shape index (κ2) is 8.92. The van der Waals surface area contributed by atoms with E-state index in [0.29, 0.717) is 18.7 Å². The van der Waals surface area contributed by atoms with Crippen LogP contribution in [-0.4, -0.2) is 30.6 Å². The molecule has 0 unspecified atom stereocenters. The number of carbonyl (C=O) groups is 2. The van der Waals surface area contributed by atoms with Gasteiger partial charge < -0.3 is 19.8 Å². The van der Waals surface area contributed by atoms with E-state index in [1.807, 2.05) is 42.5 Å². The highest BCUT2D eigenvalue weighted by Crippen LogP contribution is 2.29. The Balaban J connectivity index is 1.43. The molecule has 0 aliphatic rings. The van der Waals surface area contributed by atoms with Crippen molar-refractivity contribution in [2.24, 2.45) is 0 Å². The van der Waals surface area contributed by atoms with E-state index in [9.17, 15) is 9.59 Å². The maximum absolute atomic E-state index is 12.5. The number of rotatable bonds is 7. The Kier molecular flexibility index (Phi) is 5.89. The Morgan fingerprint density at radius 1 is 0.935 bits per heavy atom. The number of aromatic nitrogens is 1. The maximum Gasteiger partial charge on any atom is 0.338 e. The van der Waals surface area contributed by atoms with Crippen molar-refractivity contribution in [1.29, 1.82) is 0 Å². The summed E-state index contributed by atoms with van der Waals surface area (Å²) in [7, 11) is 1.65. The van der Waals surface area contributed by atoms with Crippen LogP contribution in [0.2, 0.25) is 0 Å². The van der Waals surface area contributed by atoms with Gasteiger partial charge in [0.15, 0.2) is 0 Å². The van der Waals surface area contributed by atoms with E-state index in [2.05, 4.69) is 10.3 Å². The predicted molar refractivity (Wildman–Crippen MR) is 120 cm³/mol. The van der Waals surface area contributed by atoms with Crippen LogP contribution in [0.15, 0.2) is 60.7 Å².